The molecule has 1 nitrogen and oxygen atoms in total. The summed E-state index contributed by atoms with van der Waals surface area (Å²) in [5.74, 6) is 0. The Kier molecular flexibility index (Phi) is 4.12. The van der Waals surface area contributed by atoms with Crippen LogP contribution in [-0.4, -0.2) is 5.11 Å². The largest absolute Gasteiger partial charge is 0.388 e. The quantitative estimate of drug-likeness (QED) is 0.865. The predicted octanol–water partition coefficient (Wildman–Crippen LogP) is 3.36. The number of aliphatic hydroxyl groups excluding tert-OH is 1. The van der Waals surface area contributed by atoms with E-state index in [-0.39, 0.29) is 0 Å². The second-order valence-electron chi connectivity index (χ2n) is 2.66. The molecule has 1 aromatic rings. The Morgan fingerprint density at radius 3 is 2.54 bits per heavy atom. The van der Waals surface area contributed by atoms with Gasteiger partial charge in [-0.3, -0.25) is 0 Å². The Morgan fingerprint density at radius 1 is 1.38 bits per heavy atom. The lowest BCUT2D eigenvalue weighted by Gasteiger charge is -2.07. The van der Waals surface area contributed by atoms with E-state index in [4.69, 9.17) is 0 Å². The predicted molar refractivity (Wildman–Crippen MR) is 54.0 cm³/mol. The molecule has 0 aromatic heterocycles. The van der Waals surface area contributed by atoms with Crippen molar-refractivity contribution in [3.05, 3.63) is 46.7 Å². The summed E-state index contributed by atoms with van der Waals surface area (Å²) in [4.78, 5) is 0. The molecule has 0 amide bonds. The highest BCUT2D eigenvalue weighted by atomic mass is 79.9. The molecule has 3 heteroatoms. The van der Waals surface area contributed by atoms with Gasteiger partial charge in [0.05, 0.1) is 12.4 Å². The van der Waals surface area contributed by atoms with E-state index >= 15 is 0 Å². The van der Waals surface area contributed by atoms with Crippen LogP contribution in [0.1, 0.15) is 18.1 Å². The molecule has 0 aliphatic carbocycles. The molecule has 70 valence electrons. The van der Waals surface area contributed by atoms with E-state index < -0.39 is 6.10 Å². The van der Waals surface area contributed by atoms with Crippen LogP contribution in [0.2, 0.25) is 0 Å². The summed E-state index contributed by atoms with van der Waals surface area (Å²) >= 11 is 3.29. The third-order valence-corrected chi connectivity index (χ3v) is 2.23. The molecule has 0 aliphatic rings. The van der Waals surface area contributed by atoms with E-state index in [0.29, 0.717) is 12.8 Å². The Labute approximate surface area is 85.0 Å². The lowest BCUT2D eigenvalue weighted by Crippen LogP contribution is -1.94. The van der Waals surface area contributed by atoms with Crippen molar-refractivity contribution >= 4 is 15.9 Å². The minimum atomic E-state index is -0.625. The first-order chi connectivity index (χ1) is 6.24. The average Bonchev–Trinajstić information content (AvgIpc) is 2.15. The zero-order valence-corrected chi connectivity index (χ0v) is 8.54. The van der Waals surface area contributed by atoms with Gasteiger partial charge in [-0.25, -0.2) is 4.39 Å². The summed E-state index contributed by atoms with van der Waals surface area (Å²) in [5.41, 5.74) is 0.793. The first kappa shape index (κ1) is 10.4. The molecule has 0 fully saturated rings. The molecule has 0 saturated carbocycles. The van der Waals surface area contributed by atoms with Crippen molar-refractivity contribution in [3.8, 4) is 0 Å². The van der Waals surface area contributed by atoms with Gasteiger partial charge >= 0.3 is 0 Å². The molecular weight excluding hydrogens is 235 g/mol. The van der Waals surface area contributed by atoms with Gasteiger partial charge in [0.1, 0.15) is 0 Å². The summed E-state index contributed by atoms with van der Waals surface area (Å²) in [5, 5.41) is 9.51. The van der Waals surface area contributed by atoms with E-state index in [2.05, 4.69) is 15.9 Å². The van der Waals surface area contributed by atoms with E-state index in [1.165, 1.54) is 6.08 Å². The van der Waals surface area contributed by atoms with Crippen LogP contribution in [0.25, 0.3) is 0 Å². The van der Waals surface area contributed by atoms with Gasteiger partial charge in [-0.2, -0.15) is 0 Å². The topological polar surface area (TPSA) is 20.2 Å². The second kappa shape index (κ2) is 5.14. The number of aliphatic hydroxyl groups is 1. The second-order valence-corrected chi connectivity index (χ2v) is 3.58. The summed E-state index contributed by atoms with van der Waals surface area (Å²) < 4.78 is 12.6. The van der Waals surface area contributed by atoms with Crippen molar-refractivity contribution in [2.24, 2.45) is 0 Å². The smallest absolute Gasteiger partial charge is 0.0828 e. The maximum atomic E-state index is 11.6. The number of hydrogen-bond acceptors (Lipinski definition) is 1. The summed E-state index contributed by atoms with van der Waals surface area (Å²) in [7, 11) is 0. The SMILES string of the molecule is O[C@H](C/C=C\F)c1ccc(Br)cc1. The van der Waals surface area contributed by atoms with Crippen molar-refractivity contribution in [3.63, 3.8) is 0 Å². The zero-order valence-electron chi connectivity index (χ0n) is 6.95. The van der Waals surface area contributed by atoms with Gasteiger partial charge in [0, 0.05) is 4.47 Å². The lowest BCUT2D eigenvalue weighted by molar-refractivity contribution is 0.181. The van der Waals surface area contributed by atoms with Crippen molar-refractivity contribution in [2.75, 3.05) is 0 Å². The number of benzene rings is 1. The van der Waals surface area contributed by atoms with Crippen LogP contribution in [0.5, 0.6) is 0 Å². The fraction of sp³-hybridized carbons (Fsp3) is 0.200. The molecule has 0 radical (unpaired) electrons. The fourth-order valence-electron chi connectivity index (χ4n) is 1.00. The molecule has 0 unspecified atom stereocenters. The Bertz CT molecular complexity index is 281. The fourth-order valence-corrected chi connectivity index (χ4v) is 1.27. The van der Waals surface area contributed by atoms with Crippen LogP contribution in [0.15, 0.2) is 41.1 Å². The van der Waals surface area contributed by atoms with Gasteiger partial charge in [-0.1, -0.05) is 34.1 Å². The highest BCUT2D eigenvalue weighted by Crippen LogP contribution is 2.19. The van der Waals surface area contributed by atoms with E-state index in [9.17, 15) is 9.50 Å². The van der Waals surface area contributed by atoms with Crippen LogP contribution >= 0.6 is 15.9 Å². The summed E-state index contributed by atoms with van der Waals surface area (Å²) in [6.07, 6.45) is 1.42. The zero-order chi connectivity index (χ0) is 9.68. The molecule has 0 bridgehead atoms. The van der Waals surface area contributed by atoms with Gasteiger partial charge in [-0.15, -0.1) is 0 Å². The van der Waals surface area contributed by atoms with Crippen molar-refractivity contribution in [1.82, 2.24) is 0 Å². The van der Waals surface area contributed by atoms with Crippen LogP contribution < -0.4 is 0 Å². The average molecular weight is 245 g/mol. The first-order valence-electron chi connectivity index (χ1n) is 3.93. The Hall–Kier alpha value is -0.670. The third kappa shape index (κ3) is 3.28. The molecule has 0 heterocycles. The van der Waals surface area contributed by atoms with Gasteiger partial charge in [0.15, 0.2) is 0 Å². The van der Waals surface area contributed by atoms with E-state index in [1.54, 1.807) is 12.1 Å². The first-order valence-corrected chi connectivity index (χ1v) is 4.72. The minimum Gasteiger partial charge on any atom is -0.388 e. The number of hydrogen-bond donors (Lipinski definition) is 1. The van der Waals surface area contributed by atoms with E-state index in [0.717, 1.165) is 10.0 Å². The molecule has 0 spiro atoms. The standard InChI is InChI=1S/C10H10BrFO/c11-9-5-3-8(4-6-9)10(13)2-1-7-12/h1,3-7,10,13H,2H2/b7-1-/t10-/m1/s1. The molecule has 1 aromatic carbocycles. The van der Waals surface area contributed by atoms with E-state index in [1.807, 2.05) is 12.1 Å². The molecule has 0 aliphatic heterocycles. The van der Waals surface area contributed by atoms with Crippen LogP contribution in [0.4, 0.5) is 4.39 Å². The molecule has 1 atom stereocenters. The molecule has 1 N–H and O–H groups in total. The minimum absolute atomic E-state index is 0.304. The normalized spacial score (nSPS) is 13.5. The maximum Gasteiger partial charge on any atom is 0.0828 e. The molecular formula is C10H10BrFO. The lowest BCUT2D eigenvalue weighted by atomic mass is 10.1. The van der Waals surface area contributed by atoms with Gasteiger partial charge in [0.2, 0.25) is 0 Å². The third-order valence-electron chi connectivity index (χ3n) is 1.70. The molecule has 0 saturated heterocycles. The molecule has 13 heavy (non-hydrogen) atoms. The van der Waals surface area contributed by atoms with Gasteiger partial charge in [0.25, 0.3) is 0 Å². The number of rotatable bonds is 3. The van der Waals surface area contributed by atoms with Crippen molar-refractivity contribution in [2.45, 2.75) is 12.5 Å². The monoisotopic (exact) mass is 244 g/mol. The van der Waals surface area contributed by atoms with Crippen molar-refractivity contribution < 1.29 is 9.50 Å². The van der Waals surface area contributed by atoms with Crippen LogP contribution in [0.3, 0.4) is 0 Å². The Balaban J connectivity index is 2.66. The molecule has 1 rings (SSSR count). The highest BCUT2D eigenvalue weighted by Gasteiger charge is 2.04. The summed E-state index contributed by atoms with van der Waals surface area (Å²) in [6, 6.07) is 7.30. The maximum absolute atomic E-state index is 11.6. The van der Waals surface area contributed by atoms with Crippen LogP contribution in [0, 0.1) is 0 Å². The number of halogens is 2. The summed E-state index contributed by atoms with van der Waals surface area (Å²) in [6.45, 7) is 0. The van der Waals surface area contributed by atoms with Gasteiger partial charge in [-0.05, 0) is 24.1 Å². The highest BCUT2D eigenvalue weighted by molar-refractivity contribution is 9.10. The van der Waals surface area contributed by atoms with Gasteiger partial charge < -0.3 is 5.11 Å². The van der Waals surface area contributed by atoms with Crippen LogP contribution in [-0.2, 0) is 0 Å². The van der Waals surface area contributed by atoms with Crippen molar-refractivity contribution in [1.29, 1.82) is 0 Å². The Morgan fingerprint density at radius 2 is 2.00 bits per heavy atom.